The highest BCUT2D eigenvalue weighted by Crippen LogP contribution is 2.29. The molecule has 0 unspecified atom stereocenters. The van der Waals surface area contributed by atoms with E-state index in [1.165, 1.54) is 11.0 Å². The Morgan fingerprint density at radius 3 is 2.58 bits per heavy atom. The van der Waals surface area contributed by atoms with Gasteiger partial charge in [-0.15, -0.1) is 0 Å². The van der Waals surface area contributed by atoms with E-state index < -0.39 is 23.8 Å². The van der Waals surface area contributed by atoms with Crippen LogP contribution in [-0.2, 0) is 9.47 Å². The third-order valence-corrected chi connectivity index (χ3v) is 5.27. The number of ether oxygens (including phenoxy) is 2. The van der Waals surface area contributed by atoms with Gasteiger partial charge in [0.1, 0.15) is 18.5 Å². The number of hydrogen-bond donors (Lipinski definition) is 1. The molecule has 1 saturated carbocycles. The van der Waals surface area contributed by atoms with E-state index in [-0.39, 0.29) is 30.3 Å². The number of amidine groups is 1. The number of carbonyl (C=O) groups excluding carboxylic acids is 1. The predicted octanol–water partition coefficient (Wildman–Crippen LogP) is 3.16. The number of rotatable bonds is 4. The number of carbonyl (C=O) groups is 1. The number of likely N-dealkylation sites (N-methyl/N-ethyl adjacent to an activating group) is 1. The van der Waals surface area contributed by atoms with Crippen LogP contribution in [0.3, 0.4) is 0 Å². The molecule has 6 nitrogen and oxygen atoms in total. The Morgan fingerprint density at radius 2 is 1.96 bits per heavy atom. The van der Waals surface area contributed by atoms with Crippen LogP contribution in [0.5, 0.6) is 0 Å². The number of hydrogen-bond acceptors (Lipinski definition) is 4. The van der Waals surface area contributed by atoms with Crippen LogP contribution in [0.4, 0.5) is 19.3 Å². The SMILES string of the molecule is COC1CCC(N(C)C(=N)[C@@H]2COC(=O)N2c2ccc(F)c(F)c2)CC1. The van der Waals surface area contributed by atoms with Crippen LogP contribution < -0.4 is 4.90 Å². The highest BCUT2D eigenvalue weighted by atomic mass is 19.2. The fourth-order valence-electron chi connectivity index (χ4n) is 3.64. The monoisotopic (exact) mass is 367 g/mol. The predicted molar refractivity (Wildman–Crippen MR) is 92.5 cm³/mol. The maximum atomic E-state index is 13.6. The smallest absolute Gasteiger partial charge is 0.415 e. The molecule has 1 aromatic carbocycles. The molecule has 1 aliphatic carbocycles. The number of nitrogens with one attached hydrogen (secondary N) is 1. The number of methoxy groups -OCH3 is 1. The molecule has 0 bridgehead atoms. The van der Waals surface area contributed by atoms with Gasteiger partial charge in [0, 0.05) is 26.3 Å². The van der Waals surface area contributed by atoms with E-state index in [0.29, 0.717) is 0 Å². The molecule has 2 aliphatic rings. The first-order valence-electron chi connectivity index (χ1n) is 8.67. The van der Waals surface area contributed by atoms with Crippen molar-refractivity contribution in [2.24, 2.45) is 0 Å². The molecule has 1 N–H and O–H groups in total. The number of cyclic esters (lactones) is 1. The summed E-state index contributed by atoms with van der Waals surface area (Å²) >= 11 is 0. The molecule has 1 heterocycles. The quantitative estimate of drug-likeness (QED) is 0.656. The first-order chi connectivity index (χ1) is 12.4. The Hall–Kier alpha value is -2.22. The fraction of sp³-hybridized carbons (Fsp3) is 0.556. The number of nitrogens with zero attached hydrogens (tertiary/aromatic N) is 2. The van der Waals surface area contributed by atoms with Gasteiger partial charge < -0.3 is 14.4 Å². The van der Waals surface area contributed by atoms with Gasteiger partial charge in [0.25, 0.3) is 0 Å². The second-order valence-corrected chi connectivity index (χ2v) is 6.72. The van der Waals surface area contributed by atoms with Crippen LogP contribution in [0.25, 0.3) is 0 Å². The standard InChI is InChI=1S/C18H23F2N3O3/c1-22(11-3-6-13(25-2)7-4-11)17(21)16-10-26-18(24)23(16)12-5-8-14(19)15(20)9-12/h5,8-9,11,13,16,21H,3-4,6-7,10H2,1-2H3/t11?,13?,16-/m0/s1. The zero-order valence-electron chi connectivity index (χ0n) is 14.9. The zero-order chi connectivity index (χ0) is 18.8. The Balaban J connectivity index is 1.75. The molecule has 0 radical (unpaired) electrons. The summed E-state index contributed by atoms with van der Waals surface area (Å²) in [7, 11) is 3.53. The van der Waals surface area contributed by atoms with E-state index in [1.807, 2.05) is 11.9 Å². The molecule has 26 heavy (non-hydrogen) atoms. The third kappa shape index (κ3) is 3.51. The summed E-state index contributed by atoms with van der Waals surface area (Å²) in [6.07, 6.45) is 3.22. The third-order valence-electron chi connectivity index (χ3n) is 5.27. The fourth-order valence-corrected chi connectivity index (χ4v) is 3.64. The topological polar surface area (TPSA) is 65.9 Å². The minimum Gasteiger partial charge on any atom is -0.446 e. The number of halogens is 2. The Labute approximate surface area is 151 Å². The van der Waals surface area contributed by atoms with E-state index in [0.717, 1.165) is 37.8 Å². The van der Waals surface area contributed by atoms with Crippen LogP contribution in [-0.4, -0.2) is 55.8 Å². The van der Waals surface area contributed by atoms with Crippen molar-refractivity contribution in [2.75, 3.05) is 25.7 Å². The highest BCUT2D eigenvalue weighted by Gasteiger charge is 2.40. The Bertz CT molecular complexity index is 692. The maximum Gasteiger partial charge on any atom is 0.415 e. The van der Waals surface area contributed by atoms with Gasteiger partial charge >= 0.3 is 6.09 Å². The lowest BCUT2D eigenvalue weighted by atomic mass is 9.91. The average molecular weight is 367 g/mol. The average Bonchev–Trinajstić information content (AvgIpc) is 3.04. The van der Waals surface area contributed by atoms with Crippen LogP contribution in [0.2, 0.25) is 0 Å². The van der Waals surface area contributed by atoms with Crippen molar-refractivity contribution in [2.45, 2.75) is 43.9 Å². The Kier molecular flexibility index (Phi) is 5.41. The molecular weight excluding hydrogens is 344 g/mol. The van der Waals surface area contributed by atoms with E-state index in [4.69, 9.17) is 14.9 Å². The van der Waals surface area contributed by atoms with Gasteiger partial charge in [-0.05, 0) is 37.8 Å². The minimum atomic E-state index is -1.04. The van der Waals surface area contributed by atoms with Crippen molar-refractivity contribution in [1.82, 2.24) is 4.90 Å². The lowest BCUT2D eigenvalue weighted by Gasteiger charge is -2.37. The maximum absolute atomic E-state index is 13.6. The first kappa shape index (κ1) is 18.6. The molecule has 1 amide bonds. The number of benzene rings is 1. The summed E-state index contributed by atoms with van der Waals surface area (Å²) in [4.78, 5) is 15.2. The molecule has 1 aliphatic heterocycles. The molecule has 1 saturated heterocycles. The second kappa shape index (κ2) is 7.57. The van der Waals surface area contributed by atoms with Crippen LogP contribution in [0, 0.1) is 17.0 Å². The van der Waals surface area contributed by atoms with Crippen molar-refractivity contribution < 1.29 is 23.0 Å². The van der Waals surface area contributed by atoms with Crippen molar-refractivity contribution in [3.63, 3.8) is 0 Å². The molecule has 0 spiro atoms. The molecule has 2 fully saturated rings. The molecule has 8 heteroatoms. The lowest BCUT2D eigenvalue weighted by molar-refractivity contribution is 0.0534. The van der Waals surface area contributed by atoms with Gasteiger partial charge in [0.2, 0.25) is 0 Å². The number of amides is 1. The molecular formula is C18H23F2N3O3. The lowest BCUT2D eigenvalue weighted by Crippen LogP contribution is -2.50. The first-order valence-corrected chi connectivity index (χ1v) is 8.67. The Morgan fingerprint density at radius 1 is 1.27 bits per heavy atom. The van der Waals surface area contributed by atoms with Gasteiger partial charge in [-0.3, -0.25) is 10.3 Å². The van der Waals surface area contributed by atoms with Gasteiger partial charge in [-0.2, -0.15) is 0 Å². The molecule has 0 aromatic heterocycles. The molecule has 1 aromatic rings. The van der Waals surface area contributed by atoms with E-state index in [9.17, 15) is 13.6 Å². The van der Waals surface area contributed by atoms with Crippen LogP contribution >= 0.6 is 0 Å². The van der Waals surface area contributed by atoms with Crippen molar-refractivity contribution in [1.29, 1.82) is 5.41 Å². The van der Waals surface area contributed by atoms with E-state index in [2.05, 4.69) is 0 Å². The summed E-state index contributed by atoms with van der Waals surface area (Å²) in [6, 6.07) is 2.74. The van der Waals surface area contributed by atoms with E-state index in [1.54, 1.807) is 7.11 Å². The summed E-state index contributed by atoms with van der Waals surface area (Å²) in [5.41, 5.74) is 0.178. The molecule has 142 valence electrons. The largest absolute Gasteiger partial charge is 0.446 e. The van der Waals surface area contributed by atoms with Gasteiger partial charge in [0.15, 0.2) is 11.6 Å². The van der Waals surface area contributed by atoms with Gasteiger partial charge in [-0.1, -0.05) is 0 Å². The summed E-state index contributed by atoms with van der Waals surface area (Å²) in [6.45, 7) is 0.00835. The molecule has 3 rings (SSSR count). The van der Waals surface area contributed by atoms with Crippen molar-refractivity contribution in [3.8, 4) is 0 Å². The minimum absolute atomic E-state index is 0.00835. The normalized spacial score (nSPS) is 25.9. The van der Waals surface area contributed by atoms with Crippen molar-refractivity contribution in [3.05, 3.63) is 29.8 Å². The van der Waals surface area contributed by atoms with Crippen LogP contribution in [0.15, 0.2) is 18.2 Å². The van der Waals surface area contributed by atoms with Crippen molar-refractivity contribution >= 4 is 17.6 Å². The van der Waals surface area contributed by atoms with Crippen LogP contribution in [0.1, 0.15) is 25.7 Å². The summed E-state index contributed by atoms with van der Waals surface area (Å²) in [5, 5.41) is 8.54. The summed E-state index contributed by atoms with van der Waals surface area (Å²) < 4.78 is 37.2. The second-order valence-electron chi connectivity index (χ2n) is 6.72. The van der Waals surface area contributed by atoms with Gasteiger partial charge in [0.05, 0.1) is 11.8 Å². The number of anilines is 1. The zero-order valence-corrected chi connectivity index (χ0v) is 14.9. The van der Waals surface area contributed by atoms with Gasteiger partial charge in [-0.25, -0.2) is 13.6 Å². The highest BCUT2D eigenvalue weighted by molar-refractivity contribution is 6.01. The van der Waals surface area contributed by atoms with E-state index >= 15 is 0 Å². The summed E-state index contributed by atoms with van der Waals surface area (Å²) in [5.74, 6) is -1.81. The molecule has 1 atom stereocenters.